The molecule has 2 N–H and O–H groups in total. The molecule has 25 heavy (non-hydrogen) atoms. The molecule has 1 atom stereocenters. The van der Waals surface area contributed by atoms with Crippen LogP contribution in [0.25, 0.3) is 0 Å². The van der Waals surface area contributed by atoms with E-state index in [1.165, 1.54) is 0 Å². The van der Waals surface area contributed by atoms with E-state index < -0.39 is 0 Å². The fourth-order valence-corrected chi connectivity index (χ4v) is 2.39. The molecule has 0 spiro atoms. The van der Waals surface area contributed by atoms with Crippen molar-refractivity contribution in [3.05, 3.63) is 59.1 Å². The molecule has 0 heterocycles. The van der Waals surface area contributed by atoms with Crippen LogP contribution in [-0.4, -0.2) is 31.1 Å². The standard InChI is InChI=1S/C18H20ClN3O2S/c1-13(12-23-2)21-18(25)22-20-11-14-4-3-5-17(10-14)24-16-8-6-15(19)7-9-16/h3-11,13H,12H2,1-2H3,(H2,21,22,25)/b20-11-/t13-/m1/s1. The van der Waals surface area contributed by atoms with Gasteiger partial charge in [-0.15, -0.1) is 0 Å². The Kier molecular flexibility index (Phi) is 7.66. The van der Waals surface area contributed by atoms with E-state index >= 15 is 0 Å². The van der Waals surface area contributed by atoms with Gasteiger partial charge in [-0.3, -0.25) is 5.43 Å². The quantitative estimate of drug-likeness (QED) is 0.434. The highest BCUT2D eigenvalue weighted by atomic mass is 35.5. The van der Waals surface area contributed by atoms with Crippen LogP contribution in [0.15, 0.2) is 53.6 Å². The van der Waals surface area contributed by atoms with Crippen LogP contribution < -0.4 is 15.5 Å². The molecule has 0 bridgehead atoms. The van der Waals surface area contributed by atoms with E-state index in [4.69, 9.17) is 33.3 Å². The average Bonchev–Trinajstić information content (AvgIpc) is 2.57. The maximum atomic E-state index is 5.87. The topological polar surface area (TPSA) is 54.9 Å². The summed E-state index contributed by atoms with van der Waals surface area (Å²) in [6.07, 6.45) is 1.67. The maximum Gasteiger partial charge on any atom is 0.187 e. The molecule has 0 radical (unpaired) electrons. The lowest BCUT2D eigenvalue weighted by molar-refractivity contribution is 0.179. The van der Waals surface area contributed by atoms with Gasteiger partial charge in [-0.2, -0.15) is 5.10 Å². The van der Waals surface area contributed by atoms with Gasteiger partial charge in [0.1, 0.15) is 11.5 Å². The Morgan fingerprint density at radius 1 is 1.24 bits per heavy atom. The molecule has 0 saturated heterocycles. The first-order chi connectivity index (χ1) is 12.1. The fourth-order valence-electron chi connectivity index (χ4n) is 2.01. The summed E-state index contributed by atoms with van der Waals surface area (Å²) in [5.74, 6) is 1.43. The van der Waals surface area contributed by atoms with Crippen LogP contribution in [0, 0.1) is 0 Å². The van der Waals surface area contributed by atoms with E-state index in [1.807, 2.05) is 43.3 Å². The Morgan fingerprint density at radius 3 is 2.72 bits per heavy atom. The molecule has 0 fully saturated rings. The number of nitrogens with zero attached hydrogens (tertiary/aromatic N) is 1. The van der Waals surface area contributed by atoms with Gasteiger partial charge < -0.3 is 14.8 Å². The van der Waals surface area contributed by atoms with Crippen molar-refractivity contribution < 1.29 is 9.47 Å². The molecule has 0 aliphatic heterocycles. The van der Waals surface area contributed by atoms with Crippen molar-refractivity contribution in [2.24, 2.45) is 5.10 Å². The van der Waals surface area contributed by atoms with Crippen molar-refractivity contribution in [2.75, 3.05) is 13.7 Å². The van der Waals surface area contributed by atoms with Crippen molar-refractivity contribution in [2.45, 2.75) is 13.0 Å². The molecule has 0 saturated carbocycles. The first-order valence-corrected chi connectivity index (χ1v) is 8.47. The summed E-state index contributed by atoms with van der Waals surface area (Å²) >= 11 is 11.0. The zero-order valence-corrected chi connectivity index (χ0v) is 15.6. The highest BCUT2D eigenvalue weighted by Gasteiger charge is 2.02. The van der Waals surface area contributed by atoms with Crippen molar-refractivity contribution in [1.82, 2.24) is 10.7 Å². The predicted molar refractivity (Wildman–Crippen MR) is 106 cm³/mol. The second-order valence-corrected chi connectivity index (χ2v) is 6.17. The lowest BCUT2D eigenvalue weighted by Gasteiger charge is -2.13. The minimum absolute atomic E-state index is 0.108. The SMILES string of the molecule is COC[C@@H](C)NC(=S)N/N=C\c1cccc(Oc2ccc(Cl)cc2)c1. The normalized spacial score (nSPS) is 12.0. The summed E-state index contributed by atoms with van der Waals surface area (Å²) < 4.78 is 10.8. The smallest absolute Gasteiger partial charge is 0.187 e. The van der Waals surface area contributed by atoms with Crippen molar-refractivity contribution in [3.8, 4) is 11.5 Å². The average molecular weight is 378 g/mol. The predicted octanol–water partition coefficient (Wildman–Crippen LogP) is 3.97. The Morgan fingerprint density at radius 2 is 2.00 bits per heavy atom. The molecule has 5 nitrogen and oxygen atoms in total. The lowest BCUT2D eigenvalue weighted by atomic mass is 10.2. The van der Waals surface area contributed by atoms with E-state index in [-0.39, 0.29) is 6.04 Å². The molecule has 2 aromatic carbocycles. The van der Waals surface area contributed by atoms with Crippen molar-refractivity contribution in [3.63, 3.8) is 0 Å². The molecule has 0 amide bonds. The third-order valence-corrected chi connectivity index (χ3v) is 3.54. The van der Waals surface area contributed by atoms with E-state index in [0.717, 1.165) is 5.56 Å². The Labute approximate surface area is 158 Å². The van der Waals surface area contributed by atoms with Gasteiger partial charge in [0.05, 0.1) is 12.8 Å². The number of ether oxygens (including phenoxy) is 2. The largest absolute Gasteiger partial charge is 0.457 e. The van der Waals surface area contributed by atoms with E-state index in [1.54, 1.807) is 25.5 Å². The maximum absolute atomic E-state index is 5.87. The minimum atomic E-state index is 0.108. The molecule has 0 aliphatic carbocycles. The number of hydrazone groups is 1. The van der Waals surface area contributed by atoms with Crippen LogP contribution in [0.2, 0.25) is 5.02 Å². The molecule has 2 aromatic rings. The third kappa shape index (κ3) is 7.09. The number of halogens is 1. The molecule has 0 aromatic heterocycles. The fraction of sp³-hybridized carbons (Fsp3) is 0.222. The molecule has 132 valence electrons. The Bertz CT molecular complexity index is 723. The van der Waals surface area contributed by atoms with Gasteiger partial charge in [0.25, 0.3) is 0 Å². The van der Waals surface area contributed by atoms with Crippen LogP contribution in [0.1, 0.15) is 12.5 Å². The third-order valence-electron chi connectivity index (χ3n) is 3.08. The number of thiocarbonyl (C=S) groups is 1. The summed E-state index contributed by atoms with van der Waals surface area (Å²) in [5.41, 5.74) is 3.66. The summed E-state index contributed by atoms with van der Waals surface area (Å²) in [6, 6.07) is 14.9. The van der Waals surface area contributed by atoms with Crippen molar-refractivity contribution in [1.29, 1.82) is 0 Å². The second-order valence-electron chi connectivity index (χ2n) is 5.33. The van der Waals surface area contributed by atoms with Gasteiger partial charge in [0.15, 0.2) is 5.11 Å². The van der Waals surface area contributed by atoms with Gasteiger partial charge in [0, 0.05) is 18.2 Å². The number of nitrogens with one attached hydrogen (secondary N) is 2. The lowest BCUT2D eigenvalue weighted by Crippen LogP contribution is -2.40. The molecule has 7 heteroatoms. The number of hydrogen-bond acceptors (Lipinski definition) is 4. The van der Waals surface area contributed by atoms with Gasteiger partial charge in [-0.05, 0) is 61.1 Å². The molecular weight excluding hydrogens is 358 g/mol. The van der Waals surface area contributed by atoms with Crippen molar-refractivity contribution >= 4 is 35.1 Å². The van der Waals surface area contributed by atoms with E-state index in [9.17, 15) is 0 Å². The monoisotopic (exact) mass is 377 g/mol. The highest BCUT2D eigenvalue weighted by molar-refractivity contribution is 7.80. The zero-order chi connectivity index (χ0) is 18.1. The Balaban J connectivity index is 1.90. The van der Waals surface area contributed by atoms with Gasteiger partial charge >= 0.3 is 0 Å². The molecule has 2 rings (SSSR count). The van der Waals surface area contributed by atoms with Crippen LogP contribution in [0.3, 0.4) is 0 Å². The first-order valence-electron chi connectivity index (χ1n) is 7.69. The molecular formula is C18H20ClN3O2S. The minimum Gasteiger partial charge on any atom is -0.457 e. The highest BCUT2D eigenvalue weighted by Crippen LogP contribution is 2.23. The summed E-state index contributed by atoms with van der Waals surface area (Å²) in [6.45, 7) is 2.54. The number of benzene rings is 2. The number of methoxy groups -OCH3 is 1. The van der Waals surface area contributed by atoms with Crippen LogP contribution in [0.5, 0.6) is 11.5 Å². The summed E-state index contributed by atoms with van der Waals surface area (Å²) in [5, 5.41) is 8.29. The zero-order valence-electron chi connectivity index (χ0n) is 14.0. The Hall–Kier alpha value is -2.15. The van der Waals surface area contributed by atoms with E-state index in [2.05, 4.69) is 15.8 Å². The molecule has 0 unspecified atom stereocenters. The summed E-state index contributed by atoms with van der Waals surface area (Å²) in [4.78, 5) is 0. The van der Waals surface area contributed by atoms with Gasteiger partial charge in [-0.25, -0.2) is 0 Å². The van der Waals surface area contributed by atoms with Crippen LogP contribution in [-0.2, 0) is 4.74 Å². The van der Waals surface area contributed by atoms with Gasteiger partial charge in [0.2, 0.25) is 0 Å². The number of hydrogen-bond donors (Lipinski definition) is 2. The number of rotatable bonds is 7. The van der Waals surface area contributed by atoms with Gasteiger partial charge in [-0.1, -0.05) is 23.7 Å². The first kappa shape index (κ1) is 19.2. The van der Waals surface area contributed by atoms with E-state index in [0.29, 0.717) is 28.2 Å². The van der Waals surface area contributed by atoms with Crippen LogP contribution >= 0.6 is 23.8 Å². The molecule has 0 aliphatic rings. The summed E-state index contributed by atoms with van der Waals surface area (Å²) in [7, 11) is 1.64. The second kappa shape index (κ2) is 9.98. The van der Waals surface area contributed by atoms with Crippen LogP contribution in [0.4, 0.5) is 0 Å².